The predicted molar refractivity (Wildman–Crippen MR) is 156 cm³/mol. The van der Waals surface area contributed by atoms with Crippen molar-refractivity contribution in [3.05, 3.63) is 94.5 Å². The molecule has 6 rings (SSSR count). The maximum Gasteiger partial charge on any atom is 0.180 e. The summed E-state index contributed by atoms with van der Waals surface area (Å²) in [5.74, 6) is 2.17. The smallest absolute Gasteiger partial charge is 0.180 e. The largest absolute Gasteiger partial charge is 0.486 e. The highest BCUT2D eigenvalue weighted by Crippen LogP contribution is 2.33. The molecular formula is C30H30Cl2N4O4. The number of fused-ring (bicyclic) bond motifs is 2. The van der Waals surface area contributed by atoms with Gasteiger partial charge in [-0.1, -0.05) is 50.9 Å². The summed E-state index contributed by atoms with van der Waals surface area (Å²) >= 11 is 12.5. The second-order valence-electron chi connectivity index (χ2n) is 10.0. The maximum atomic E-state index is 6.25. The molecule has 6 aromatic rings. The monoisotopic (exact) mass is 580 g/mol. The highest BCUT2D eigenvalue weighted by Gasteiger charge is 2.11. The number of nitrogens with one attached hydrogen (secondary N) is 2. The summed E-state index contributed by atoms with van der Waals surface area (Å²) in [6.45, 7) is 9.25. The fourth-order valence-electron chi connectivity index (χ4n) is 4.08. The van der Waals surface area contributed by atoms with E-state index in [0.29, 0.717) is 46.6 Å². The number of oxazole rings is 2. The zero-order valence-corrected chi connectivity index (χ0v) is 24.1. The van der Waals surface area contributed by atoms with Crippen LogP contribution in [0.25, 0.3) is 21.8 Å². The molecule has 0 amide bonds. The van der Waals surface area contributed by atoms with Gasteiger partial charge < -0.3 is 28.3 Å². The van der Waals surface area contributed by atoms with E-state index >= 15 is 0 Å². The lowest BCUT2D eigenvalue weighted by Gasteiger charge is -2.06. The second-order valence-corrected chi connectivity index (χ2v) is 10.8. The highest BCUT2D eigenvalue weighted by atomic mass is 35.5. The van der Waals surface area contributed by atoms with Gasteiger partial charge in [-0.15, -0.1) is 0 Å². The third kappa shape index (κ3) is 6.46. The molecule has 10 heteroatoms. The number of hydrogen-bond donors (Lipinski definition) is 2. The summed E-state index contributed by atoms with van der Waals surface area (Å²) < 4.78 is 21.2. The summed E-state index contributed by atoms with van der Waals surface area (Å²) in [5, 5.41) is 3.37. The molecule has 0 fully saturated rings. The van der Waals surface area contributed by atoms with Crippen molar-refractivity contribution in [2.45, 2.75) is 52.7 Å². The van der Waals surface area contributed by atoms with Crippen molar-refractivity contribution >= 4 is 45.0 Å². The predicted octanol–water partition coefficient (Wildman–Crippen LogP) is 9.02. The first-order valence-electron chi connectivity index (χ1n) is 12.9. The quantitative estimate of drug-likeness (QED) is 0.186. The van der Waals surface area contributed by atoms with Crippen LogP contribution < -0.4 is 9.47 Å². The van der Waals surface area contributed by atoms with Crippen molar-refractivity contribution in [1.29, 1.82) is 0 Å². The van der Waals surface area contributed by atoms with E-state index in [1.807, 2.05) is 24.3 Å². The lowest BCUT2D eigenvalue weighted by molar-refractivity contribution is 0.301. The van der Waals surface area contributed by atoms with Crippen LogP contribution >= 0.6 is 23.2 Å². The van der Waals surface area contributed by atoms with Gasteiger partial charge in [-0.05, 0) is 36.1 Å². The molecule has 40 heavy (non-hydrogen) atoms. The molecule has 0 saturated heterocycles. The number of hydrogen-bond acceptors (Lipinski definition) is 6. The van der Waals surface area contributed by atoms with Crippen molar-refractivity contribution in [3.8, 4) is 11.5 Å². The Morgan fingerprint density at radius 3 is 1.45 bits per heavy atom. The number of H-pyrrole nitrogens is 2. The molecule has 2 N–H and O–H groups in total. The molecule has 0 aliphatic rings. The number of aromatic nitrogens is 4. The van der Waals surface area contributed by atoms with Crippen LogP contribution in [0.4, 0.5) is 0 Å². The summed E-state index contributed by atoms with van der Waals surface area (Å²) in [7, 11) is 0. The molecule has 0 unspecified atom stereocenters. The molecule has 0 radical (unpaired) electrons. The van der Waals surface area contributed by atoms with Gasteiger partial charge in [0, 0.05) is 45.3 Å². The molecule has 4 heterocycles. The molecule has 0 saturated carbocycles. The summed E-state index contributed by atoms with van der Waals surface area (Å²) in [5.41, 5.74) is 5.88. The Morgan fingerprint density at radius 1 is 0.675 bits per heavy atom. The van der Waals surface area contributed by atoms with Crippen LogP contribution in [0.3, 0.4) is 0 Å². The Kier molecular flexibility index (Phi) is 8.38. The van der Waals surface area contributed by atoms with Crippen LogP contribution in [0.5, 0.6) is 11.5 Å². The highest BCUT2D eigenvalue weighted by molar-refractivity contribution is 6.33. The van der Waals surface area contributed by atoms with E-state index in [4.69, 9.17) is 41.5 Å². The van der Waals surface area contributed by atoms with Gasteiger partial charge in [-0.2, -0.15) is 0 Å². The Balaban J connectivity index is 0.000000161. The summed E-state index contributed by atoms with van der Waals surface area (Å²) in [4.78, 5) is 14.8. The van der Waals surface area contributed by atoms with Gasteiger partial charge in [0.2, 0.25) is 0 Å². The van der Waals surface area contributed by atoms with E-state index in [2.05, 4.69) is 59.8 Å². The van der Waals surface area contributed by atoms with Crippen molar-refractivity contribution in [2.24, 2.45) is 0 Å². The van der Waals surface area contributed by atoms with Gasteiger partial charge in [0.1, 0.15) is 48.6 Å². The first kappa shape index (κ1) is 27.7. The molecule has 0 aliphatic carbocycles. The van der Waals surface area contributed by atoms with Crippen molar-refractivity contribution in [1.82, 2.24) is 19.9 Å². The number of aromatic amines is 2. The van der Waals surface area contributed by atoms with Crippen LogP contribution in [-0.4, -0.2) is 19.9 Å². The third-order valence-electron chi connectivity index (χ3n) is 6.35. The minimum absolute atomic E-state index is 0.333. The van der Waals surface area contributed by atoms with Gasteiger partial charge in [0.05, 0.1) is 10.0 Å². The molecular weight excluding hydrogens is 551 g/mol. The van der Waals surface area contributed by atoms with E-state index in [-0.39, 0.29) is 0 Å². The van der Waals surface area contributed by atoms with Gasteiger partial charge in [-0.25, -0.2) is 9.97 Å². The first-order valence-corrected chi connectivity index (χ1v) is 13.7. The Hall–Kier alpha value is -3.88. The van der Waals surface area contributed by atoms with E-state index < -0.39 is 0 Å². The number of nitrogens with zero attached hydrogens (tertiary/aromatic N) is 2. The average molecular weight is 582 g/mol. The lowest BCUT2D eigenvalue weighted by atomic mass is 10.1. The average Bonchev–Trinajstić information content (AvgIpc) is 3.73. The zero-order valence-electron chi connectivity index (χ0n) is 22.6. The minimum atomic E-state index is 0.333. The molecule has 0 aliphatic heterocycles. The van der Waals surface area contributed by atoms with E-state index in [1.54, 1.807) is 12.5 Å². The van der Waals surface area contributed by atoms with Crippen LogP contribution in [-0.2, 0) is 13.2 Å². The Morgan fingerprint density at radius 2 is 1.10 bits per heavy atom. The summed E-state index contributed by atoms with van der Waals surface area (Å²) in [6, 6.07) is 11.9. The van der Waals surface area contributed by atoms with Crippen molar-refractivity contribution in [3.63, 3.8) is 0 Å². The van der Waals surface area contributed by atoms with Crippen molar-refractivity contribution < 1.29 is 18.3 Å². The molecule has 8 nitrogen and oxygen atoms in total. The number of ether oxygens (including phenoxy) is 2. The Bertz CT molecular complexity index is 1560. The lowest BCUT2D eigenvalue weighted by Crippen LogP contribution is -1.96. The van der Waals surface area contributed by atoms with E-state index in [9.17, 15) is 0 Å². The topological polar surface area (TPSA) is 102 Å². The second kappa shape index (κ2) is 12.1. The van der Waals surface area contributed by atoms with Gasteiger partial charge >= 0.3 is 0 Å². The van der Waals surface area contributed by atoms with Gasteiger partial charge in [-0.3, -0.25) is 0 Å². The zero-order chi connectivity index (χ0) is 28.2. The van der Waals surface area contributed by atoms with Crippen LogP contribution in [0, 0.1) is 0 Å². The molecule has 0 atom stereocenters. The van der Waals surface area contributed by atoms with Gasteiger partial charge in [0.25, 0.3) is 0 Å². The number of rotatable bonds is 8. The van der Waals surface area contributed by atoms with E-state index in [0.717, 1.165) is 33.2 Å². The first-order chi connectivity index (χ1) is 19.3. The Labute approximate surface area is 241 Å². The minimum Gasteiger partial charge on any atom is -0.486 e. The number of halogens is 2. The third-order valence-corrected chi connectivity index (χ3v) is 6.94. The molecule has 0 spiro atoms. The molecule has 0 bridgehead atoms. The SMILES string of the molecule is CC(C)c1cc2cc(Cl)c(OCc3cocn3)cc2[nH]1.CC(C)c1cc2cc(Cl)c(OCc3cocn3)cc2[nH]1. The normalized spacial score (nSPS) is 11.4. The molecule has 2 aromatic carbocycles. The van der Waals surface area contributed by atoms with Crippen LogP contribution in [0.1, 0.15) is 62.3 Å². The van der Waals surface area contributed by atoms with Crippen LogP contribution in [0.15, 0.2) is 70.5 Å². The van der Waals surface area contributed by atoms with E-state index in [1.165, 1.54) is 24.2 Å². The van der Waals surface area contributed by atoms with Crippen LogP contribution in [0.2, 0.25) is 10.0 Å². The summed E-state index contributed by atoms with van der Waals surface area (Å²) in [6.07, 6.45) is 5.86. The van der Waals surface area contributed by atoms with Gasteiger partial charge in [0.15, 0.2) is 12.8 Å². The standard InChI is InChI=1S/2C15H15ClN2O2/c2*1-9(2)13-4-10-3-12(16)15(5-14(10)18-13)20-7-11-6-19-8-17-11/h2*3-6,8-9,18H,7H2,1-2H3. The fraction of sp³-hybridized carbons (Fsp3) is 0.267. The van der Waals surface area contributed by atoms with Crippen molar-refractivity contribution in [2.75, 3.05) is 0 Å². The molecule has 208 valence electrons. The maximum absolute atomic E-state index is 6.25. The molecule has 4 aromatic heterocycles. The number of benzene rings is 2. The fourth-order valence-corrected chi connectivity index (χ4v) is 4.53.